The van der Waals surface area contributed by atoms with E-state index in [4.69, 9.17) is 17.0 Å². The minimum absolute atomic E-state index is 0.254. The molecule has 5 nitrogen and oxygen atoms in total. The molecule has 0 fully saturated rings. The number of carbonyl (C=O) groups excluding carboxylic acids is 1. The molecule has 0 atom stereocenters. The van der Waals surface area contributed by atoms with Crippen LogP contribution in [0.5, 0.6) is 0 Å². The van der Waals surface area contributed by atoms with Crippen molar-refractivity contribution in [2.24, 2.45) is 0 Å². The lowest BCUT2D eigenvalue weighted by atomic mass is 10.1. The molecule has 23 heavy (non-hydrogen) atoms. The molecular weight excluding hydrogens is 350 g/mol. The summed E-state index contributed by atoms with van der Waals surface area (Å²) in [4.78, 5) is 15.7. The fourth-order valence-electron chi connectivity index (χ4n) is 2.28. The summed E-state index contributed by atoms with van der Waals surface area (Å²) in [6.45, 7) is 3.86. The fraction of sp³-hybridized carbons (Fsp3) is 0.600. The van der Waals surface area contributed by atoms with Crippen LogP contribution in [0.1, 0.15) is 27.7 Å². The molecule has 0 radical (unpaired) electrons. The summed E-state index contributed by atoms with van der Waals surface area (Å²) in [6, 6.07) is 0. The minimum atomic E-state index is -0.254. The van der Waals surface area contributed by atoms with Gasteiger partial charge in [-0.2, -0.15) is 11.8 Å². The van der Waals surface area contributed by atoms with Crippen molar-refractivity contribution in [1.29, 1.82) is 0 Å². The van der Waals surface area contributed by atoms with Crippen molar-refractivity contribution in [2.75, 3.05) is 44.9 Å². The topological polar surface area (TPSA) is 53.6 Å². The third-order valence-corrected chi connectivity index (χ3v) is 5.93. The van der Waals surface area contributed by atoms with E-state index < -0.39 is 0 Å². The third kappa shape index (κ3) is 5.07. The summed E-state index contributed by atoms with van der Waals surface area (Å²) in [5.74, 6) is 1.74. The second-order valence-electron chi connectivity index (χ2n) is 5.42. The number of carbonyl (C=O) groups is 1. The van der Waals surface area contributed by atoms with Gasteiger partial charge >= 0.3 is 5.97 Å². The molecule has 0 saturated heterocycles. The normalized spacial score (nSPS) is 13.6. The molecular formula is C15H23N3O2S3. The predicted octanol–water partition coefficient (Wildman–Crippen LogP) is 2.56. The fourth-order valence-corrected chi connectivity index (χ4v) is 4.92. The number of thiocarbonyl (C=S) groups is 1. The van der Waals surface area contributed by atoms with Crippen molar-refractivity contribution in [3.63, 3.8) is 0 Å². The van der Waals surface area contributed by atoms with Crippen LogP contribution in [0.2, 0.25) is 0 Å². The van der Waals surface area contributed by atoms with Gasteiger partial charge in [0.15, 0.2) is 5.11 Å². The molecule has 0 aromatic carbocycles. The summed E-state index contributed by atoms with van der Waals surface area (Å²) in [7, 11) is 4.03. The molecule has 0 bridgehead atoms. The largest absolute Gasteiger partial charge is 0.462 e. The zero-order valence-electron chi connectivity index (χ0n) is 13.7. The van der Waals surface area contributed by atoms with Crippen LogP contribution in [-0.4, -0.2) is 55.5 Å². The van der Waals surface area contributed by atoms with E-state index in [-0.39, 0.29) is 5.97 Å². The summed E-state index contributed by atoms with van der Waals surface area (Å²) in [5, 5.41) is 7.71. The Bertz CT molecular complexity index is 573. The van der Waals surface area contributed by atoms with Gasteiger partial charge in [-0.05, 0) is 51.0 Å². The van der Waals surface area contributed by atoms with E-state index in [2.05, 4.69) is 15.5 Å². The Labute approximate surface area is 151 Å². The van der Waals surface area contributed by atoms with E-state index in [9.17, 15) is 4.79 Å². The molecule has 0 aliphatic carbocycles. The van der Waals surface area contributed by atoms with Gasteiger partial charge in [-0.1, -0.05) is 0 Å². The van der Waals surface area contributed by atoms with Gasteiger partial charge < -0.3 is 20.3 Å². The highest BCUT2D eigenvalue weighted by Crippen LogP contribution is 2.39. The molecule has 8 heteroatoms. The van der Waals surface area contributed by atoms with Gasteiger partial charge in [0.2, 0.25) is 0 Å². The number of ether oxygens (including phenoxy) is 1. The van der Waals surface area contributed by atoms with Gasteiger partial charge in [-0.15, -0.1) is 11.3 Å². The van der Waals surface area contributed by atoms with Crippen molar-refractivity contribution >= 4 is 51.4 Å². The zero-order valence-corrected chi connectivity index (χ0v) is 16.2. The van der Waals surface area contributed by atoms with Gasteiger partial charge in [0.05, 0.1) is 12.2 Å². The van der Waals surface area contributed by atoms with Crippen LogP contribution in [0.15, 0.2) is 0 Å². The second-order valence-corrected chi connectivity index (χ2v) is 8.03. The number of nitrogens with one attached hydrogen (secondary N) is 2. The van der Waals surface area contributed by atoms with Crippen molar-refractivity contribution in [1.82, 2.24) is 10.2 Å². The highest BCUT2D eigenvalue weighted by Gasteiger charge is 2.26. The molecule has 0 amide bonds. The Balaban J connectivity index is 2.12. The van der Waals surface area contributed by atoms with E-state index in [1.54, 1.807) is 11.3 Å². The van der Waals surface area contributed by atoms with Crippen LogP contribution in [-0.2, 0) is 16.9 Å². The summed E-state index contributed by atoms with van der Waals surface area (Å²) in [5.41, 5.74) is 1.80. The van der Waals surface area contributed by atoms with E-state index in [1.807, 2.05) is 32.8 Å². The minimum Gasteiger partial charge on any atom is -0.462 e. The van der Waals surface area contributed by atoms with E-state index >= 15 is 0 Å². The number of anilines is 1. The van der Waals surface area contributed by atoms with Crippen LogP contribution < -0.4 is 10.6 Å². The number of nitrogens with zero attached hydrogens (tertiary/aromatic N) is 1. The Morgan fingerprint density at radius 1 is 1.43 bits per heavy atom. The number of thioether (sulfide) groups is 1. The van der Waals surface area contributed by atoms with Gasteiger partial charge in [0.1, 0.15) is 5.00 Å². The number of rotatable bonds is 6. The van der Waals surface area contributed by atoms with Gasteiger partial charge in [0.25, 0.3) is 0 Å². The Morgan fingerprint density at radius 2 is 2.22 bits per heavy atom. The van der Waals surface area contributed by atoms with Crippen LogP contribution in [0, 0.1) is 0 Å². The monoisotopic (exact) mass is 373 g/mol. The van der Waals surface area contributed by atoms with Crippen LogP contribution in [0.3, 0.4) is 0 Å². The van der Waals surface area contributed by atoms with Crippen LogP contribution >= 0.6 is 35.3 Å². The first-order chi connectivity index (χ1) is 11.0. The maximum Gasteiger partial charge on any atom is 0.341 e. The standard InChI is InChI=1S/C15H23N3O2S3/c1-4-20-14(19)12-10-5-8-22-9-11(10)23-13(12)17-15(21)16-6-7-18(2)3/h4-9H2,1-3H3,(H2,16,17,21). The Kier molecular flexibility index (Phi) is 7.13. The highest BCUT2D eigenvalue weighted by atomic mass is 32.2. The number of fused-ring (bicyclic) bond motifs is 1. The average Bonchev–Trinajstić information content (AvgIpc) is 2.84. The molecule has 1 aromatic rings. The number of likely N-dealkylation sites (N-methyl/N-ethyl adjacent to an activating group) is 1. The molecule has 1 aliphatic rings. The summed E-state index contributed by atoms with van der Waals surface area (Å²) >= 11 is 8.86. The first-order valence-electron chi connectivity index (χ1n) is 7.62. The van der Waals surface area contributed by atoms with E-state index in [1.165, 1.54) is 4.88 Å². The molecule has 0 saturated carbocycles. The SMILES string of the molecule is CCOC(=O)c1c(NC(=S)NCCN(C)C)sc2c1CCSC2. The quantitative estimate of drug-likeness (QED) is 0.587. The maximum absolute atomic E-state index is 12.4. The summed E-state index contributed by atoms with van der Waals surface area (Å²) in [6.07, 6.45) is 0.910. The Hall–Kier alpha value is -0.830. The number of hydrogen-bond acceptors (Lipinski definition) is 6. The smallest absolute Gasteiger partial charge is 0.341 e. The third-order valence-electron chi connectivity index (χ3n) is 3.37. The van der Waals surface area contributed by atoms with Gasteiger partial charge in [-0.3, -0.25) is 0 Å². The van der Waals surface area contributed by atoms with Gasteiger partial charge in [-0.25, -0.2) is 4.79 Å². The summed E-state index contributed by atoms with van der Waals surface area (Å²) < 4.78 is 5.24. The molecule has 128 valence electrons. The predicted molar refractivity (Wildman–Crippen MR) is 103 cm³/mol. The molecule has 2 heterocycles. The lowest BCUT2D eigenvalue weighted by Gasteiger charge is -2.14. The van der Waals surface area contributed by atoms with Crippen molar-refractivity contribution < 1.29 is 9.53 Å². The van der Waals surface area contributed by atoms with Crippen molar-refractivity contribution in [2.45, 2.75) is 19.1 Å². The first-order valence-corrected chi connectivity index (χ1v) is 9.99. The second kappa shape index (κ2) is 8.86. The number of thiophene rings is 1. The zero-order chi connectivity index (χ0) is 16.8. The van der Waals surface area contributed by atoms with Gasteiger partial charge in [0, 0.05) is 23.7 Å². The van der Waals surface area contributed by atoms with Crippen LogP contribution in [0.4, 0.5) is 5.00 Å². The van der Waals surface area contributed by atoms with Crippen LogP contribution in [0.25, 0.3) is 0 Å². The van der Waals surface area contributed by atoms with E-state index in [0.717, 1.165) is 41.6 Å². The lowest BCUT2D eigenvalue weighted by molar-refractivity contribution is 0.0527. The molecule has 2 rings (SSSR count). The maximum atomic E-state index is 12.4. The first kappa shape index (κ1) is 18.5. The molecule has 0 spiro atoms. The molecule has 2 N–H and O–H groups in total. The highest BCUT2D eigenvalue weighted by molar-refractivity contribution is 7.98. The average molecular weight is 374 g/mol. The van der Waals surface area contributed by atoms with E-state index in [0.29, 0.717) is 17.3 Å². The van der Waals surface area contributed by atoms with Crippen molar-refractivity contribution in [3.8, 4) is 0 Å². The molecule has 0 unspecified atom stereocenters. The number of esters is 1. The Morgan fingerprint density at radius 3 is 2.91 bits per heavy atom. The van der Waals surface area contributed by atoms with Crippen molar-refractivity contribution in [3.05, 3.63) is 16.0 Å². The molecule has 1 aliphatic heterocycles. The number of hydrogen-bond donors (Lipinski definition) is 2. The lowest BCUT2D eigenvalue weighted by Crippen LogP contribution is -2.34. The molecule has 1 aromatic heterocycles.